The average molecular weight is 422 g/mol. The third-order valence-corrected chi connectivity index (χ3v) is 7.04. The Morgan fingerprint density at radius 3 is 2.54 bits per heavy atom. The molecule has 1 saturated heterocycles. The molecule has 8 heteroatoms. The van der Waals surface area contributed by atoms with Gasteiger partial charge in [-0.05, 0) is 49.2 Å². The fourth-order valence-corrected chi connectivity index (χ4v) is 5.09. The zero-order valence-electron chi connectivity index (χ0n) is 15.7. The Morgan fingerprint density at radius 1 is 1.18 bits per heavy atom. The van der Waals surface area contributed by atoms with Crippen LogP contribution in [0.3, 0.4) is 0 Å². The number of nitrogens with one attached hydrogen (secondary N) is 1. The van der Waals surface area contributed by atoms with E-state index in [2.05, 4.69) is 5.32 Å². The van der Waals surface area contributed by atoms with E-state index in [0.29, 0.717) is 37.5 Å². The van der Waals surface area contributed by atoms with E-state index in [1.165, 1.54) is 16.4 Å². The number of nitrogens with zero attached hydrogens (tertiary/aromatic N) is 2. The molecule has 2 aromatic carbocycles. The molecule has 1 atom stereocenters. The predicted molar refractivity (Wildman–Crippen MR) is 111 cm³/mol. The van der Waals surface area contributed by atoms with Crippen molar-refractivity contribution in [3.05, 3.63) is 59.6 Å². The van der Waals surface area contributed by atoms with E-state index in [1.807, 2.05) is 42.3 Å². The van der Waals surface area contributed by atoms with Gasteiger partial charge in [0, 0.05) is 37.4 Å². The van der Waals surface area contributed by atoms with Crippen molar-refractivity contribution in [2.24, 2.45) is 0 Å². The SMILES string of the molecule is CN(CCNC(=O)[C@@H]1CCCN1S(=O)(=O)c1ccc(Cl)cc1)c1ccccc1. The molecular weight excluding hydrogens is 398 g/mol. The number of rotatable bonds is 7. The van der Waals surface area contributed by atoms with Crippen LogP contribution in [0.5, 0.6) is 0 Å². The largest absolute Gasteiger partial charge is 0.373 e. The monoisotopic (exact) mass is 421 g/mol. The summed E-state index contributed by atoms with van der Waals surface area (Å²) in [6.45, 7) is 1.41. The van der Waals surface area contributed by atoms with E-state index in [-0.39, 0.29) is 10.8 Å². The molecule has 0 unspecified atom stereocenters. The maximum Gasteiger partial charge on any atom is 0.243 e. The number of hydrogen-bond acceptors (Lipinski definition) is 4. The van der Waals surface area contributed by atoms with Crippen LogP contribution in [0.2, 0.25) is 5.02 Å². The number of amides is 1. The highest BCUT2D eigenvalue weighted by Gasteiger charge is 2.39. The Hall–Kier alpha value is -2.09. The van der Waals surface area contributed by atoms with E-state index in [9.17, 15) is 13.2 Å². The van der Waals surface area contributed by atoms with E-state index in [1.54, 1.807) is 12.1 Å². The van der Waals surface area contributed by atoms with Gasteiger partial charge in [0.05, 0.1) is 4.90 Å². The Kier molecular flexibility index (Phi) is 6.59. The molecule has 1 heterocycles. The lowest BCUT2D eigenvalue weighted by molar-refractivity contribution is -0.124. The third-order valence-electron chi connectivity index (χ3n) is 4.87. The van der Waals surface area contributed by atoms with Crippen molar-refractivity contribution in [3.63, 3.8) is 0 Å². The Bertz CT molecular complexity index is 904. The highest BCUT2D eigenvalue weighted by atomic mass is 35.5. The van der Waals surface area contributed by atoms with Gasteiger partial charge in [0.1, 0.15) is 6.04 Å². The van der Waals surface area contributed by atoms with E-state index >= 15 is 0 Å². The molecule has 2 aromatic rings. The molecule has 3 rings (SSSR count). The first-order valence-corrected chi connectivity index (χ1v) is 11.0. The fraction of sp³-hybridized carbons (Fsp3) is 0.350. The number of hydrogen-bond donors (Lipinski definition) is 1. The van der Waals surface area contributed by atoms with Crippen LogP contribution in [0.15, 0.2) is 59.5 Å². The number of sulfonamides is 1. The van der Waals surface area contributed by atoms with Crippen LogP contribution in [-0.2, 0) is 14.8 Å². The van der Waals surface area contributed by atoms with Crippen molar-refractivity contribution in [1.29, 1.82) is 0 Å². The molecule has 1 amide bonds. The highest BCUT2D eigenvalue weighted by Crippen LogP contribution is 2.27. The van der Waals surface area contributed by atoms with Crippen LogP contribution in [0.25, 0.3) is 0 Å². The second-order valence-electron chi connectivity index (χ2n) is 6.78. The fourth-order valence-electron chi connectivity index (χ4n) is 3.31. The summed E-state index contributed by atoms with van der Waals surface area (Å²) in [4.78, 5) is 14.8. The minimum absolute atomic E-state index is 0.153. The van der Waals surface area contributed by atoms with E-state index < -0.39 is 16.1 Å². The van der Waals surface area contributed by atoms with E-state index in [4.69, 9.17) is 11.6 Å². The molecule has 0 aliphatic carbocycles. The number of benzene rings is 2. The number of halogens is 1. The number of likely N-dealkylation sites (N-methyl/N-ethyl adjacent to an activating group) is 1. The molecular formula is C20H24ClN3O3S. The molecule has 0 spiro atoms. The first-order chi connectivity index (χ1) is 13.4. The molecule has 28 heavy (non-hydrogen) atoms. The third kappa shape index (κ3) is 4.66. The van der Waals surface area contributed by atoms with Gasteiger partial charge in [-0.2, -0.15) is 4.31 Å². The summed E-state index contributed by atoms with van der Waals surface area (Å²) in [5.74, 6) is -0.253. The lowest BCUT2D eigenvalue weighted by Gasteiger charge is -2.24. The van der Waals surface area contributed by atoms with Gasteiger partial charge >= 0.3 is 0 Å². The van der Waals surface area contributed by atoms with Gasteiger partial charge in [0.2, 0.25) is 15.9 Å². The summed E-state index contributed by atoms with van der Waals surface area (Å²) in [6, 6.07) is 15.2. The average Bonchev–Trinajstić information content (AvgIpc) is 3.20. The number of para-hydroxylation sites is 1. The molecule has 6 nitrogen and oxygen atoms in total. The topological polar surface area (TPSA) is 69.7 Å². The summed E-state index contributed by atoms with van der Waals surface area (Å²) in [7, 11) is -1.78. The van der Waals surface area contributed by atoms with Gasteiger partial charge in [0.15, 0.2) is 0 Å². The molecule has 0 aromatic heterocycles. The van der Waals surface area contributed by atoms with Crippen molar-refractivity contribution < 1.29 is 13.2 Å². The quantitative estimate of drug-likeness (QED) is 0.746. The van der Waals surface area contributed by atoms with Gasteiger partial charge in [-0.3, -0.25) is 4.79 Å². The molecule has 1 aliphatic heterocycles. The van der Waals surface area contributed by atoms with Crippen LogP contribution in [0, 0.1) is 0 Å². The van der Waals surface area contributed by atoms with Gasteiger partial charge in [-0.25, -0.2) is 8.42 Å². The van der Waals surface area contributed by atoms with Gasteiger partial charge in [-0.15, -0.1) is 0 Å². The first-order valence-electron chi connectivity index (χ1n) is 9.21. The smallest absolute Gasteiger partial charge is 0.243 e. The Labute approximate surface area is 171 Å². The molecule has 1 aliphatic rings. The summed E-state index contributed by atoms with van der Waals surface area (Å²) in [6.07, 6.45) is 1.18. The van der Waals surface area contributed by atoms with Crippen LogP contribution in [0.4, 0.5) is 5.69 Å². The molecule has 1 N–H and O–H groups in total. The standard InChI is InChI=1S/C20H24ClN3O3S/c1-23(17-6-3-2-4-7-17)15-13-22-20(25)19-8-5-14-24(19)28(26,27)18-11-9-16(21)10-12-18/h2-4,6-7,9-12,19H,5,8,13-15H2,1H3,(H,22,25)/t19-/m0/s1. The summed E-state index contributed by atoms with van der Waals surface area (Å²) in [5, 5.41) is 3.35. The summed E-state index contributed by atoms with van der Waals surface area (Å²) in [5.41, 5.74) is 1.06. The van der Waals surface area contributed by atoms with Crippen LogP contribution in [0.1, 0.15) is 12.8 Å². The van der Waals surface area contributed by atoms with Crippen molar-refractivity contribution in [2.45, 2.75) is 23.8 Å². The lowest BCUT2D eigenvalue weighted by Crippen LogP contribution is -2.47. The lowest BCUT2D eigenvalue weighted by atomic mass is 10.2. The van der Waals surface area contributed by atoms with Crippen LogP contribution < -0.4 is 10.2 Å². The maximum atomic E-state index is 12.9. The first kappa shape index (κ1) is 20.6. The molecule has 0 bridgehead atoms. The van der Waals surface area contributed by atoms with Crippen LogP contribution >= 0.6 is 11.6 Å². The minimum Gasteiger partial charge on any atom is -0.373 e. The molecule has 0 radical (unpaired) electrons. The van der Waals surface area contributed by atoms with Gasteiger partial charge < -0.3 is 10.2 Å². The van der Waals surface area contributed by atoms with Gasteiger partial charge in [-0.1, -0.05) is 29.8 Å². The zero-order valence-corrected chi connectivity index (χ0v) is 17.3. The van der Waals surface area contributed by atoms with E-state index in [0.717, 1.165) is 5.69 Å². The van der Waals surface area contributed by atoms with Crippen LogP contribution in [-0.4, -0.2) is 51.4 Å². The molecule has 0 saturated carbocycles. The predicted octanol–water partition coefficient (Wildman–Crippen LogP) is 2.75. The minimum atomic E-state index is -3.73. The second-order valence-corrected chi connectivity index (χ2v) is 9.10. The Morgan fingerprint density at radius 2 is 1.86 bits per heavy atom. The number of carbonyl (C=O) groups is 1. The normalized spacial score (nSPS) is 17.4. The highest BCUT2D eigenvalue weighted by molar-refractivity contribution is 7.89. The maximum absolute atomic E-state index is 12.9. The van der Waals surface area contributed by atoms with Crippen molar-refractivity contribution >= 4 is 33.2 Å². The Balaban J connectivity index is 1.60. The summed E-state index contributed by atoms with van der Waals surface area (Å²) < 4.78 is 27.1. The van der Waals surface area contributed by atoms with Crippen molar-refractivity contribution in [2.75, 3.05) is 31.6 Å². The number of anilines is 1. The van der Waals surface area contributed by atoms with Crippen molar-refractivity contribution in [3.8, 4) is 0 Å². The number of carbonyl (C=O) groups excluding carboxylic acids is 1. The zero-order chi connectivity index (χ0) is 20.1. The molecule has 150 valence electrons. The summed E-state index contributed by atoms with van der Waals surface area (Å²) >= 11 is 5.85. The van der Waals surface area contributed by atoms with Gasteiger partial charge in [0.25, 0.3) is 0 Å². The molecule has 1 fully saturated rings. The van der Waals surface area contributed by atoms with Crippen molar-refractivity contribution in [1.82, 2.24) is 9.62 Å². The second kappa shape index (κ2) is 8.94.